The summed E-state index contributed by atoms with van der Waals surface area (Å²) in [6, 6.07) is 22.6. The summed E-state index contributed by atoms with van der Waals surface area (Å²) >= 11 is 11.7. The third-order valence-electron chi connectivity index (χ3n) is 8.72. The van der Waals surface area contributed by atoms with Gasteiger partial charge >= 0.3 is 0 Å². The Balaban J connectivity index is 1.38. The number of fused-ring (bicyclic) bond motifs is 1. The number of nitrogens with one attached hydrogen (secondary N) is 2. The van der Waals surface area contributed by atoms with E-state index in [2.05, 4.69) is 59.5 Å². The molecule has 2 N–H and O–H groups in total. The molecule has 0 saturated heterocycles. The smallest absolute Gasteiger partial charge is 0.255 e. The molecule has 0 fully saturated rings. The minimum absolute atomic E-state index is 0.316. The van der Waals surface area contributed by atoms with Gasteiger partial charge in [0.1, 0.15) is 18.4 Å². The summed E-state index contributed by atoms with van der Waals surface area (Å²) < 4.78 is 20.5. The Labute approximate surface area is 315 Å². The monoisotopic (exact) mass is 787 g/mol. The number of benzene rings is 4. The molecule has 1 aliphatic rings. The first-order valence-corrected chi connectivity index (χ1v) is 18.6. The first-order chi connectivity index (χ1) is 24.6. The summed E-state index contributed by atoms with van der Waals surface area (Å²) in [5.74, 6) is 2.41. The fourth-order valence-electron chi connectivity index (χ4n) is 5.96. The maximum Gasteiger partial charge on any atom is 0.255 e. The summed E-state index contributed by atoms with van der Waals surface area (Å²) in [6.45, 7) is 10.9. The Morgan fingerprint density at radius 1 is 0.961 bits per heavy atom. The van der Waals surface area contributed by atoms with Crippen LogP contribution in [-0.2, 0) is 17.2 Å². The molecule has 1 amide bonds. The van der Waals surface area contributed by atoms with Gasteiger partial charge in [0.15, 0.2) is 11.5 Å². The highest BCUT2D eigenvalue weighted by Gasteiger charge is 2.36. The molecular formula is C39H39BrClN5O4S. The molecule has 264 valence electrons. The molecule has 1 unspecified atom stereocenters. The summed E-state index contributed by atoms with van der Waals surface area (Å²) in [5.41, 5.74) is 8.06. The molecule has 0 aliphatic carbocycles. The number of nitrogens with zero attached hydrogens (tertiary/aromatic N) is 3. The molecule has 1 aromatic heterocycles. The van der Waals surface area contributed by atoms with E-state index in [4.69, 9.17) is 35.9 Å². The molecule has 0 bridgehead atoms. The Bertz CT molecular complexity index is 2140. The molecule has 4 aromatic carbocycles. The van der Waals surface area contributed by atoms with Crippen LogP contribution in [0.5, 0.6) is 17.2 Å². The van der Waals surface area contributed by atoms with Crippen LogP contribution in [0.3, 0.4) is 0 Å². The van der Waals surface area contributed by atoms with Gasteiger partial charge in [-0.05, 0) is 114 Å². The number of rotatable bonds is 12. The van der Waals surface area contributed by atoms with E-state index in [9.17, 15) is 4.79 Å². The van der Waals surface area contributed by atoms with Gasteiger partial charge in [0.2, 0.25) is 11.1 Å². The van der Waals surface area contributed by atoms with Gasteiger partial charge in [0, 0.05) is 16.5 Å². The molecular weight excluding hydrogens is 750 g/mol. The number of thioether (sulfide) groups is 1. The highest BCUT2D eigenvalue weighted by atomic mass is 79.9. The van der Waals surface area contributed by atoms with E-state index in [1.165, 1.54) is 22.9 Å². The molecule has 0 saturated carbocycles. The average molecular weight is 789 g/mol. The zero-order valence-corrected chi connectivity index (χ0v) is 32.4. The van der Waals surface area contributed by atoms with Crippen LogP contribution >= 0.6 is 39.3 Å². The lowest BCUT2D eigenvalue weighted by molar-refractivity contribution is -0.113. The number of amides is 1. The second-order valence-corrected chi connectivity index (χ2v) is 14.4. The molecule has 51 heavy (non-hydrogen) atoms. The van der Waals surface area contributed by atoms with Gasteiger partial charge in [0.05, 0.1) is 29.4 Å². The van der Waals surface area contributed by atoms with Gasteiger partial charge in [0.25, 0.3) is 5.91 Å². The van der Waals surface area contributed by atoms with Crippen LogP contribution in [0.2, 0.25) is 5.02 Å². The lowest BCUT2D eigenvalue weighted by Crippen LogP contribution is -2.31. The van der Waals surface area contributed by atoms with Crippen molar-refractivity contribution in [3.8, 4) is 17.2 Å². The number of aryl methyl sites for hydroxylation is 3. The van der Waals surface area contributed by atoms with Gasteiger partial charge in [-0.3, -0.25) is 4.79 Å². The van der Waals surface area contributed by atoms with Crippen LogP contribution in [0.4, 0.5) is 11.6 Å². The van der Waals surface area contributed by atoms with Crippen LogP contribution in [0.15, 0.2) is 93.7 Å². The van der Waals surface area contributed by atoms with Gasteiger partial charge in [-0.1, -0.05) is 65.8 Å². The zero-order chi connectivity index (χ0) is 36.2. The largest absolute Gasteiger partial charge is 0.493 e. The quantitative estimate of drug-likeness (QED) is 0.121. The molecule has 9 nitrogen and oxygen atoms in total. The number of halogens is 2. The van der Waals surface area contributed by atoms with Gasteiger partial charge in [-0.2, -0.15) is 4.98 Å². The Morgan fingerprint density at radius 3 is 2.47 bits per heavy atom. The van der Waals surface area contributed by atoms with E-state index in [0.717, 1.165) is 22.3 Å². The number of aromatic nitrogens is 3. The highest BCUT2D eigenvalue weighted by Crippen LogP contribution is 2.44. The zero-order valence-electron chi connectivity index (χ0n) is 29.3. The van der Waals surface area contributed by atoms with E-state index in [1.54, 1.807) is 11.8 Å². The van der Waals surface area contributed by atoms with Crippen molar-refractivity contribution in [2.75, 3.05) is 24.4 Å². The summed E-state index contributed by atoms with van der Waals surface area (Å²) in [6.07, 6.45) is 0. The van der Waals surface area contributed by atoms with E-state index >= 15 is 0 Å². The predicted molar refractivity (Wildman–Crippen MR) is 207 cm³/mol. The normalized spacial score (nSPS) is 13.8. The van der Waals surface area contributed by atoms with Gasteiger partial charge < -0.3 is 24.8 Å². The topological polar surface area (TPSA) is 99.5 Å². The van der Waals surface area contributed by atoms with Crippen molar-refractivity contribution in [2.24, 2.45) is 0 Å². The predicted octanol–water partition coefficient (Wildman–Crippen LogP) is 9.83. The minimum Gasteiger partial charge on any atom is -0.493 e. The Hall–Kier alpha value is -4.45. The number of methoxy groups -OCH3 is 1. The molecule has 1 atom stereocenters. The number of hydrogen-bond donors (Lipinski definition) is 2. The van der Waals surface area contributed by atoms with Crippen molar-refractivity contribution >= 4 is 56.8 Å². The van der Waals surface area contributed by atoms with Crippen LogP contribution in [0.1, 0.15) is 53.3 Å². The number of allylic oxidation sites excluding steroid dienone is 1. The van der Waals surface area contributed by atoms with Crippen molar-refractivity contribution in [1.82, 2.24) is 14.8 Å². The van der Waals surface area contributed by atoms with Crippen LogP contribution in [0.25, 0.3) is 0 Å². The van der Waals surface area contributed by atoms with E-state index in [1.807, 2.05) is 74.5 Å². The summed E-state index contributed by atoms with van der Waals surface area (Å²) in [7, 11) is 1.60. The lowest BCUT2D eigenvalue weighted by Gasteiger charge is -2.29. The fourth-order valence-corrected chi connectivity index (χ4v) is 7.65. The number of ether oxygens (including phenoxy) is 3. The summed E-state index contributed by atoms with van der Waals surface area (Å²) in [5, 5.41) is 12.5. The third-order valence-corrected chi connectivity index (χ3v) is 10.6. The molecule has 6 rings (SSSR count). The van der Waals surface area contributed by atoms with Crippen molar-refractivity contribution in [3.63, 3.8) is 0 Å². The number of carbonyl (C=O) groups excluding carboxylic acids is 1. The Morgan fingerprint density at radius 2 is 1.71 bits per heavy atom. The van der Waals surface area contributed by atoms with E-state index < -0.39 is 6.04 Å². The van der Waals surface area contributed by atoms with E-state index in [0.29, 0.717) is 73.8 Å². The molecule has 0 radical (unpaired) electrons. The maximum absolute atomic E-state index is 14.3. The van der Waals surface area contributed by atoms with Crippen molar-refractivity contribution < 1.29 is 19.0 Å². The highest BCUT2D eigenvalue weighted by molar-refractivity contribution is 9.10. The van der Waals surface area contributed by atoms with Crippen molar-refractivity contribution in [1.29, 1.82) is 0 Å². The third kappa shape index (κ3) is 7.90. The minimum atomic E-state index is -0.677. The second kappa shape index (κ2) is 15.8. The first kappa shape index (κ1) is 36.3. The summed E-state index contributed by atoms with van der Waals surface area (Å²) in [4.78, 5) is 19.1. The molecule has 1 aliphatic heterocycles. The van der Waals surface area contributed by atoms with Gasteiger partial charge in [-0.25, -0.2) is 4.68 Å². The number of carbonyl (C=O) groups is 1. The Kier molecular flexibility index (Phi) is 11.3. The number of para-hydroxylation sites is 2. The number of anilines is 2. The first-order valence-electron chi connectivity index (χ1n) is 16.5. The van der Waals surface area contributed by atoms with Crippen molar-refractivity contribution in [2.45, 2.75) is 58.2 Å². The SMILES string of the molecule is CCOc1ccccc1NC(=O)C1=C(C)Nc2nc(SCc3ccccc3Cl)nn2C1c1cc(Br)c(OCc2cc(C)c(C)cc2C)c(OC)c1. The molecule has 0 spiro atoms. The van der Waals surface area contributed by atoms with E-state index in [-0.39, 0.29) is 5.91 Å². The number of hydrogen-bond acceptors (Lipinski definition) is 8. The van der Waals surface area contributed by atoms with Crippen LogP contribution in [0, 0.1) is 20.8 Å². The van der Waals surface area contributed by atoms with Gasteiger partial charge in [-0.15, -0.1) is 5.10 Å². The average Bonchev–Trinajstić information content (AvgIpc) is 3.51. The molecule has 5 aromatic rings. The lowest BCUT2D eigenvalue weighted by atomic mass is 9.94. The fraction of sp³-hybridized carbons (Fsp3) is 0.256. The standard InChI is InChI=1S/C39H39BrClN5O4S/c1-7-49-32-15-11-10-14-31(32)43-37(47)34-25(5)42-38-44-39(51-21-26-12-8-9-13-30(26)41)45-46(38)35(34)27-18-29(40)36(33(19-27)48-6)50-20-28-17-23(3)22(2)16-24(28)4/h8-19,35H,7,20-21H2,1-6H3,(H,43,47)(H,42,44,45). The van der Waals surface area contributed by atoms with Crippen molar-refractivity contribution in [3.05, 3.63) is 127 Å². The second-order valence-electron chi connectivity index (χ2n) is 12.2. The van der Waals surface area contributed by atoms with Crippen LogP contribution < -0.4 is 24.8 Å². The molecule has 12 heteroatoms. The van der Waals surface area contributed by atoms with Crippen LogP contribution in [-0.4, -0.2) is 34.4 Å². The molecule has 2 heterocycles. The maximum atomic E-state index is 14.3.